The van der Waals surface area contributed by atoms with Crippen LogP contribution in [-0.2, 0) is 21.4 Å². The number of rotatable bonds is 7. The Hall–Kier alpha value is -1.80. The predicted octanol–water partition coefficient (Wildman–Crippen LogP) is 1.52. The maximum atomic E-state index is 12.5. The molecule has 1 fully saturated rings. The first-order valence-electron chi connectivity index (χ1n) is 8.41. The average Bonchev–Trinajstić information content (AvgIpc) is 2.60. The lowest BCUT2D eigenvalue weighted by molar-refractivity contribution is -0.125. The summed E-state index contributed by atoms with van der Waals surface area (Å²) in [6, 6.07) is 4.82. The third-order valence-electron chi connectivity index (χ3n) is 4.18. The first-order chi connectivity index (χ1) is 11.9. The second-order valence-corrected chi connectivity index (χ2v) is 7.96. The Morgan fingerprint density at radius 1 is 1.32 bits per heavy atom. The van der Waals surface area contributed by atoms with E-state index in [1.54, 1.807) is 19.2 Å². The number of carbonyl (C=O) groups is 1. The van der Waals surface area contributed by atoms with Crippen molar-refractivity contribution in [1.82, 2.24) is 9.62 Å². The molecule has 0 aromatic heterocycles. The molecule has 7 nitrogen and oxygen atoms in total. The van der Waals surface area contributed by atoms with Crippen molar-refractivity contribution in [2.45, 2.75) is 38.8 Å². The zero-order chi connectivity index (χ0) is 18.4. The molecule has 0 bridgehead atoms. The zero-order valence-electron chi connectivity index (χ0n) is 14.9. The first kappa shape index (κ1) is 19.5. The molecule has 1 N–H and O–H groups in total. The molecule has 1 unspecified atom stereocenters. The van der Waals surface area contributed by atoms with Gasteiger partial charge in [0.15, 0.2) is 11.5 Å². The van der Waals surface area contributed by atoms with E-state index in [-0.39, 0.29) is 5.91 Å². The van der Waals surface area contributed by atoms with Gasteiger partial charge in [-0.3, -0.25) is 4.79 Å². The minimum Gasteiger partial charge on any atom is -0.493 e. The van der Waals surface area contributed by atoms with Gasteiger partial charge >= 0.3 is 0 Å². The smallest absolute Gasteiger partial charge is 0.238 e. The van der Waals surface area contributed by atoms with E-state index >= 15 is 0 Å². The third-order valence-corrected chi connectivity index (χ3v) is 5.47. The second-order valence-electron chi connectivity index (χ2n) is 6.02. The van der Waals surface area contributed by atoms with Crippen molar-refractivity contribution in [3.8, 4) is 11.5 Å². The summed E-state index contributed by atoms with van der Waals surface area (Å²) in [6.45, 7) is 3.13. The Morgan fingerprint density at radius 3 is 2.72 bits per heavy atom. The van der Waals surface area contributed by atoms with Gasteiger partial charge in [-0.05, 0) is 37.5 Å². The summed E-state index contributed by atoms with van der Waals surface area (Å²) < 4.78 is 35.8. The van der Waals surface area contributed by atoms with E-state index in [1.807, 2.05) is 13.0 Å². The van der Waals surface area contributed by atoms with Crippen LogP contribution in [0, 0.1) is 0 Å². The lowest BCUT2D eigenvalue weighted by Gasteiger charge is -2.32. The van der Waals surface area contributed by atoms with Crippen LogP contribution < -0.4 is 14.8 Å². The largest absolute Gasteiger partial charge is 0.493 e. The van der Waals surface area contributed by atoms with Crippen molar-refractivity contribution in [3.63, 3.8) is 0 Å². The van der Waals surface area contributed by atoms with E-state index in [0.29, 0.717) is 37.6 Å². The van der Waals surface area contributed by atoms with E-state index in [1.165, 1.54) is 4.31 Å². The molecular formula is C17H26N2O5S. The van der Waals surface area contributed by atoms with Gasteiger partial charge in [-0.1, -0.05) is 12.5 Å². The highest BCUT2D eigenvalue weighted by atomic mass is 32.2. The van der Waals surface area contributed by atoms with Gasteiger partial charge in [0.1, 0.15) is 6.04 Å². The lowest BCUT2D eigenvalue weighted by Crippen LogP contribution is -2.51. The Kier molecular flexibility index (Phi) is 6.66. The molecule has 1 heterocycles. The molecule has 25 heavy (non-hydrogen) atoms. The van der Waals surface area contributed by atoms with Crippen LogP contribution in [0.15, 0.2) is 18.2 Å². The number of nitrogens with zero attached hydrogens (tertiary/aromatic N) is 1. The predicted molar refractivity (Wildman–Crippen MR) is 95.2 cm³/mol. The summed E-state index contributed by atoms with van der Waals surface area (Å²) in [5.41, 5.74) is 0.857. The van der Waals surface area contributed by atoms with E-state index in [2.05, 4.69) is 5.32 Å². The average molecular weight is 370 g/mol. The number of sulfonamides is 1. The van der Waals surface area contributed by atoms with Gasteiger partial charge in [0, 0.05) is 13.1 Å². The zero-order valence-corrected chi connectivity index (χ0v) is 15.8. The summed E-state index contributed by atoms with van der Waals surface area (Å²) in [5, 5.41) is 2.83. The highest BCUT2D eigenvalue weighted by molar-refractivity contribution is 7.88. The van der Waals surface area contributed by atoms with Crippen LogP contribution in [0.4, 0.5) is 0 Å². The fourth-order valence-electron chi connectivity index (χ4n) is 2.97. The van der Waals surface area contributed by atoms with Crippen molar-refractivity contribution in [3.05, 3.63) is 23.8 Å². The number of ether oxygens (including phenoxy) is 2. The van der Waals surface area contributed by atoms with Crippen molar-refractivity contribution in [2.75, 3.05) is 26.5 Å². The highest BCUT2D eigenvalue weighted by Crippen LogP contribution is 2.28. The molecule has 1 aliphatic heterocycles. The second kappa shape index (κ2) is 8.53. The summed E-state index contributed by atoms with van der Waals surface area (Å²) in [4.78, 5) is 12.5. The first-order valence-corrected chi connectivity index (χ1v) is 10.3. The standard InChI is InChI=1S/C17H26N2O5S/c1-4-24-15-9-8-13(11-16(15)23-2)12-18-17(20)14-7-5-6-10-19(14)25(3,21)22/h8-9,11,14H,4-7,10,12H2,1-3H3,(H,18,20). The molecule has 140 valence electrons. The Morgan fingerprint density at radius 2 is 2.08 bits per heavy atom. The van der Waals surface area contributed by atoms with Crippen LogP contribution in [-0.4, -0.2) is 51.2 Å². The molecule has 0 saturated carbocycles. The number of carbonyl (C=O) groups excluding carboxylic acids is 1. The quantitative estimate of drug-likeness (QED) is 0.787. The van der Waals surface area contributed by atoms with Crippen molar-refractivity contribution in [1.29, 1.82) is 0 Å². The lowest BCUT2D eigenvalue weighted by atomic mass is 10.0. The fraction of sp³-hybridized carbons (Fsp3) is 0.588. The number of amides is 1. The summed E-state index contributed by atoms with van der Waals surface area (Å²) >= 11 is 0. The van der Waals surface area contributed by atoms with E-state index in [4.69, 9.17) is 9.47 Å². The van der Waals surface area contributed by atoms with Gasteiger partial charge in [0.05, 0.1) is 20.0 Å². The van der Waals surface area contributed by atoms with Crippen molar-refractivity contribution >= 4 is 15.9 Å². The van der Waals surface area contributed by atoms with Crippen LogP contribution in [0.3, 0.4) is 0 Å². The molecule has 8 heteroatoms. The van der Waals surface area contributed by atoms with E-state index < -0.39 is 16.1 Å². The van der Waals surface area contributed by atoms with Gasteiger partial charge in [0.2, 0.25) is 15.9 Å². The summed E-state index contributed by atoms with van der Waals surface area (Å²) in [5.74, 6) is 0.984. The van der Waals surface area contributed by atoms with Gasteiger partial charge in [-0.25, -0.2) is 8.42 Å². The minimum atomic E-state index is -3.39. The van der Waals surface area contributed by atoms with Crippen molar-refractivity contribution in [2.24, 2.45) is 0 Å². The van der Waals surface area contributed by atoms with Gasteiger partial charge in [0.25, 0.3) is 0 Å². The normalized spacial score (nSPS) is 18.6. The Bertz CT molecular complexity index is 705. The van der Waals surface area contributed by atoms with Gasteiger partial charge in [-0.2, -0.15) is 4.31 Å². The Labute approximate surface area is 149 Å². The molecule has 2 rings (SSSR count). The minimum absolute atomic E-state index is 0.266. The third kappa shape index (κ3) is 5.09. The van der Waals surface area contributed by atoms with E-state index in [9.17, 15) is 13.2 Å². The SMILES string of the molecule is CCOc1ccc(CNC(=O)C2CCCCN2S(C)(=O)=O)cc1OC. The maximum absolute atomic E-state index is 12.5. The fourth-order valence-corrected chi connectivity index (χ4v) is 4.09. The number of hydrogen-bond acceptors (Lipinski definition) is 5. The van der Waals surface area contributed by atoms with Crippen LogP contribution in [0.1, 0.15) is 31.7 Å². The van der Waals surface area contributed by atoms with Crippen LogP contribution in [0.5, 0.6) is 11.5 Å². The van der Waals surface area contributed by atoms with Gasteiger partial charge in [-0.15, -0.1) is 0 Å². The Balaban J connectivity index is 2.03. The van der Waals surface area contributed by atoms with Gasteiger partial charge < -0.3 is 14.8 Å². The van der Waals surface area contributed by atoms with Crippen molar-refractivity contribution < 1.29 is 22.7 Å². The molecule has 1 aliphatic rings. The molecule has 0 aliphatic carbocycles. The summed E-state index contributed by atoms with van der Waals surface area (Å²) in [6.07, 6.45) is 3.33. The molecular weight excluding hydrogens is 344 g/mol. The molecule has 1 aromatic rings. The van der Waals surface area contributed by atoms with Crippen LogP contribution in [0.2, 0.25) is 0 Å². The molecule has 1 saturated heterocycles. The molecule has 0 radical (unpaired) electrons. The number of piperidine rings is 1. The highest BCUT2D eigenvalue weighted by Gasteiger charge is 2.34. The molecule has 1 atom stereocenters. The molecule has 0 spiro atoms. The monoisotopic (exact) mass is 370 g/mol. The van der Waals surface area contributed by atoms with E-state index in [0.717, 1.165) is 24.7 Å². The molecule has 1 aromatic carbocycles. The number of benzene rings is 1. The van der Waals surface area contributed by atoms with Crippen LogP contribution in [0.25, 0.3) is 0 Å². The number of nitrogens with one attached hydrogen (secondary N) is 1. The molecule has 1 amide bonds. The van der Waals surface area contributed by atoms with Crippen LogP contribution >= 0.6 is 0 Å². The number of hydrogen-bond donors (Lipinski definition) is 1. The maximum Gasteiger partial charge on any atom is 0.238 e. The summed E-state index contributed by atoms with van der Waals surface area (Å²) in [7, 11) is -1.83. The topological polar surface area (TPSA) is 84.9 Å². The number of methoxy groups -OCH3 is 1.